The summed E-state index contributed by atoms with van der Waals surface area (Å²) in [4.78, 5) is 31.6. The van der Waals surface area contributed by atoms with Gasteiger partial charge in [0.15, 0.2) is 0 Å². The number of carbonyl (C=O) groups is 2. The number of fused-ring (bicyclic) bond motifs is 1. The molecule has 2 heterocycles. The first-order valence-electron chi connectivity index (χ1n) is 10.7. The molecule has 1 aliphatic heterocycles. The van der Waals surface area contributed by atoms with Crippen LogP contribution in [0, 0.1) is 0 Å². The zero-order valence-corrected chi connectivity index (χ0v) is 20.8. The Labute approximate surface area is 206 Å². The number of amides is 2. The fourth-order valence-electron chi connectivity index (χ4n) is 4.16. The Morgan fingerprint density at radius 1 is 1.21 bits per heavy atom. The van der Waals surface area contributed by atoms with E-state index < -0.39 is 0 Å². The summed E-state index contributed by atoms with van der Waals surface area (Å²) >= 11 is 5.17. The van der Waals surface area contributed by atoms with Crippen LogP contribution in [-0.2, 0) is 11.2 Å². The van der Waals surface area contributed by atoms with Gasteiger partial charge in [0, 0.05) is 22.4 Å². The second kappa shape index (κ2) is 10.4. The number of nitrogens with zero attached hydrogens (tertiary/aromatic N) is 2. The first-order chi connectivity index (χ1) is 16.0. The van der Waals surface area contributed by atoms with Crippen LogP contribution in [0.1, 0.15) is 32.4 Å². The van der Waals surface area contributed by atoms with Crippen LogP contribution >= 0.6 is 27.3 Å². The zero-order valence-electron chi connectivity index (χ0n) is 18.4. The lowest BCUT2D eigenvalue weighted by atomic mass is 9.93. The molecule has 3 aromatic rings. The van der Waals surface area contributed by atoms with Crippen LogP contribution in [0.4, 0.5) is 0 Å². The van der Waals surface area contributed by atoms with Crippen LogP contribution in [0.2, 0.25) is 0 Å². The molecule has 0 saturated carbocycles. The minimum absolute atomic E-state index is 0.0156. The quantitative estimate of drug-likeness (QED) is 0.393. The largest absolute Gasteiger partial charge is 0.497 e. The van der Waals surface area contributed by atoms with Gasteiger partial charge < -0.3 is 14.5 Å². The summed E-state index contributed by atoms with van der Waals surface area (Å²) in [6, 6.07) is 17.0. The highest BCUT2D eigenvalue weighted by Crippen LogP contribution is 2.38. The van der Waals surface area contributed by atoms with Gasteiger partial charge in [-0.05, 0) is 69.2 Å². The van der Waals surface area contributed by atoms with Gasteiger partial charge in [0.05, 0.1) is 18.7 Å². The Bertz CT molecular complexity index is 1160. The number of ether oxygens (including phenoxy) is 1. The lowest BCUT2D eigenvalue weighted by molar-refractivity contribution is -0.133. The Hall–Kier alpha value is -2.90. The van der Waals surface area contributed by atoms with E-state index >= 15 is 0 Å². The van der Waals surface area contributed by atoms with Crippen molar-refractivity contribution in [3.8, 4) is 5.75 Å². The summed E-state index contributed by atoms with van der Waals surface area (Å²) in [7, 11) is 1.64. The number of thiophene rings is 1. The van der Waals surface area contributed by atoms with Crippen LogP contribution in [0.5, 0.6) is 5.75 Å². The molecule has 0 spiro atoms. The third-order valence-electron chi connectivity index (χ3n) is 5.78. The van der Waals surface area contributed by atoms with Crippen molar-refractivity contribution < 1.29 is 14.3 Å². The van der Waals surface area contributed by atoms with Crippen LogP contribution in [0.15, 0.2) is 77.1 Å². The summed E-state index contributed by atoms with van der Waals surface area (Å²) in [5.74, 6) is 0.481. The summed E-state index contributed by atoms with van der Waals surface area (Å²) in [5.41, 5.74) is 2.70. The van der Waals surface area contributed by atoms with Gasteiger partial charge in [-0.25, -0.2) is 0 Å². The van der Waals surface area contributed by atoms with Crippen molar-refractivity contribution in [2.45, 2.75) is 12.5 Å². The average molecular weight is 525 g/mol. The van der Waals surface area contributed by atoms with Gasteiger partial charge >= 0.3 is 0 Å². The summed E-state index contributed by atoms with van der Waals surface area (Å²) < 4.78 is 6.01. The van der Waals surface area contributed by atoms with E-state index in [0.717, 1.165) is 23.3 Å². The fraction of sp³-hybridized carbons (Fsp3) is 0.231. The zero-order chi connectivity index (χ0) is 23.4. The van der Waals surface area contributed by atoms with Gasteiger partial charge in [-0.2, -0.15) is 0 Å². The van der Waals surface area contributed by atoms with Gasteiger partial charge in [0.25, 0.3) is 5.91 Å². The van der Waals surface area contributed by atoms with Crippen LogP contribution in [-0.4, -0.2) is 48.4 Å². The van der Waals surface area contributed by atoms with E-state index in [4.69, 9.17) is 4.74 Å². The van der Waals surface area contributed by atoms with Crippen molar-refractivity contribution in [3.05, 3.63) is 98.7 Å². The van der Waals surface area contributed by atoms with Gasteiger partial charge in [-0.3, -0.25) is 9.59 Å². The van der Waals surface area contributed by atoms with Crippen LogP contribution in [0.3, 0.4) is 0 Å². The molecule has 2 aromatic carbocycles. The highest BCUT2D eigenvalue weighted by molar-refractivity contribution is 9.10. The molecule has 2 amide bonds. The van der Waals surface area contributed by atoms with Crippen molar-refractivity contribution in [2.75, 3.05) is 26.7 Å². The molecule has 0 saturated heterocycles. The lowest BCUT2D eigenvalue weighted by Gasteiger charge is -2.37. The topological polar surface area (TPSA) is 49.9 Å². The Balaban J connectivity index is 1.62. The normalized spacial score (nSPS) is 15.0. The predicted octanol–water partition coefficient (Wildman–Crippen LogP) is 5.32. The van der Waals surface area contributed by atoms with E-state index in [1.54, 1.807) is 35.5 Å². The van der Waals surface area contributed by atoms with Gasteiger partial charge in [-0.1, -0.05) is 30.3 Å². The molecule has 0 aliphatic carbocycles. The third kappa shape index (κ3) is 4.89. The first kappa shape index (κ1) is 23.3. The molecule has 33 heavy (non-hydrogen) atoms. The number of carbonyl (C=O) groups excluding carboxylic acids is 2. The van der Waals surface area contributed by atoms with Crippen LogP contribution in [0.25, 0.3) is 0 Å². The SMILES string of the molecule is C=CCN(CC(=O)N1CCc2sccc2C1c1ccc(OC)cc1)C(=O)c1ccccc1Br. The number of halogens is 1. The molecule has 170 valence electrons. The molecular formula is C26H25BrN2O3S. The number of benzene rings is 2. The van der Waals surface area contributed by atoms with Crippen molar-refractivity contribution in [3.63, 3.8) is 0 Å². The van der Waals surface area contributed by atoms with Crippen LogP contribution < -0.4 is 4.74 Å². The molecular weight excluding hydrogens is 500 g/mol. The molecule has 0 fully saturated rings. The van der Waals surface area contributed by atoms with Crippen molar-refractivity contribution >= 4 is 39.1 Å². The molecule has 1 atom stereocenters. The predicted molar refractivity (Wildman–Crippen MR) is 135 cm³/mol. The van der Waals surface area contributed by atoms with E-state index in [1.807, 2.05) is 47.4 Å². The summed E-state index contributed by atoms with van der Waals surface area (Å²) in [5, 5.41) is 2.08. The van der Waals surface area contributed by atoms with Crippen molar-refractivity contribution in [1.29, 1.82) is 0 Å². The minimum atomic E-state index is -0.204. The molecule has 4 rings (SSSR count). The summed E-state index contributed by atoms with van der Waals surface area (Å²) in [6.07, 6.45) is 2.46. The van der Waals surface area contributed by atoms with E-state index in [2.05, 4.69) is 34.0 Å². The van der Waals surface area contributed by atoms with Crippen molar-refractivity contribution in [1.82, 2.24) is 9.80 Å². The van der Waals surface area contributed by atoms with Gasteiger partial charge in [-0.15, -0.1) is 17.9 Å². The van der Waals surface area contributed by atoms with E-state index in [9.17, 15) is 9.59 Å². The van der Waals surface area contributed by atoms with Gasteiger partial charge in [0.1, 0.15) is 12.3 Å². The third-order valence-corrected chi connectivity index (χ3v) is 7.47. The molecule has 5 nitrogen and oxygen atoms in total. The smallest absolute Gasteiger partial charge is 0.255 e. The monoisotopic (exact) mass is 524 g/mol. The molecule has 0 N–H and O–H groups in total. The van der Waals surface area contributed by atoms with E-state index in [1.165, 1.54) is 4.88 Å². The number of methoxy groups -OCH3 is 1. The molecule has 1 aromatic heterocycles. The Morgan fingerprint density at radius 3 is 2.67 bits per heavy atom. The summed E-state index contributed by atoms with van der Waals surface area (Å²) in [6.45, 7) is 4.66. The fourth-order valence-corrected chi connectivity index (χ4v) is 5.52. The molecule has 0 bridgehead atoms. The maximum Gasteiger partial charge on any atom is 0.255 e. The first-order valence-corrected chi connectivity index (χ1v) is 12.3. The van der Waals surface area contributed by atoms with E-state index in [0.29, 0.717) is 16.6 Å². The second-order valence-electron chi connectivity index (χ2n) is 7.77. The maximum absolute atomic E-state index is 13.6. The Kier molecular flexibility index (Phi) is 7.30. The number of hydrogen-bond donors (Lipinski definition) is 0. The molecule has 1 aliphatic rings. The number of hydrogen-bond acceptors (Lipinski definition) is 4. The highest BCUT2D eigenvalue weighted by atomic mass is 79.9. The Morgan fingerprint density at radius 2 is 1.97 bits per heavy atom. The second-order valence-corrected chi connectivity index (χ2v) is 9.62. The van der Waals surface area contributed by atoms with Gasteiger partial charge in [0.2, 0.25) is 5.91 Å². The highest BCUT2D eigenvalue weighted by Gasteiger charge is 2.34. The molecule has 1 unspecified atom stereocenters. The molecule has 0 radical (unpaired) electrons. The lowest BCUT2D eigenvalue weighted by Crippen LogP contribution is -2.46. The van der Waals surface area contributed by atoms with E-state index in [-0.39, 0.29) is 30.9 Å². The molecule has 7 heteroatoms. The van der Waals surface area contributed by atoms with Crippen molar-refractivity contribution in [2.24, 2.45) is 0 Å². The maximum atomic E-state index is 13.6. The standard InChI is InChI=1S/C26H25BrN2O3S/c1-3-14-28(26(31)20-6-4-5-7-22(20)27)17-24(30)29-15-12-23-21(13-16-33-23)25(29)18-8-10-19(32-2)11-9-18/h3-11,13,16,25H,1,12,14-15,17H2,2H3. The number of rotatable bonds is 7. The average Bonchev–Trinajstić information content (AvgIpc) is 3.32. The minimum Gasteiger partial charge on any atom is -0.497 e.